The molecule has 0 spiro atoms. The van der Waals surface area contributed by atoms with Crippen molar-refractivity contribution in [2.75, 3.05) is 0 Å². The molecule has 6 rings (SSSR count). The van der Waals surface area contributed by atoms with Gasteiger partial charge in [0.25, 0.3) is 5.69 Å². The Morgan fingerprint density at radius 2 is 1.19 bits per heavy atom. The number of benzene rings is 5. The Balaban J connectivity index is 1.48. The minimum absolute atomic E-state index is 0.0199. The molecule has 0 saturated heterocycles. The fraction of sp³-hybridized carbons (Fsp3) is 0.0312. The summed E-state index contributed by atoms with van der Waals surface area (Å²) in [4.78, 5) is 26.9. The molecule has 0 N–H and O–H groups in total. The molecule has 0 saturated carbocycles. The van der Waals surface area contributed by atoms with Gasteiger partial charge in [0.05, 0.1) is 0 Å². The monoisotopic (exact) mass is 468 g/mol. The maximum atomic E-state index is 13.7. The molecule has 0 radical (unpaired) electrons. The van der Waals surface area contributed by atoms with E-state index < -0.39 is 5.97 Å². The number of carbonyl (C=O) groups excluding carboxylic acids is 2. The van der Waals surface area contributed by atoms with Gasteiger partial charge in [-0.15, -0.1) is 0 Å². The normalized spacial score (nSPS) is 11.1. The third-order valence-corrected chi connectivity index (χ3v) is 6.46. The first-order valence-corrected chi connectivity index (χ1v) is 11.8. The van der Waals surface area contributed by atoms with Gasteiger partial charge >= 0.3 is 5.97 Å². The lowest BCUT2D eigenvalue weighted by Crippen LogP contribution is -2.45. The number of carbonyl (C=O) groups is 2. The zero-order valence-corrected chi connectivity index (χ0v) is 19.4. The van der Waals surface area contributed by atoms with Gasteiger partial charge < -0.3 is 4.74 Å². The summed E-state index contributed by atoms with van der Waals surface area (Å²) in [6.45, 7) is 0.0199. The summed E-state index contributed by atoms with van der Waals surface area (Å²) >= 11 is 0. The van der Waals surface area contributed by atoms with Crippen molar-refractivity contribution in [1.82, 2.24) is 0 Å². The molecule has 6 aromatic rings. The number of ketones is 1. The molecule has 0 atom stereocenters. The molecule has 5 aromatic carbocycles. The van der Waals surface area contributed by atoms with Gasteiger partial charge in [0, 0.05) is 33.9 Å². The molecule has 0 unspecified atom stereocenters. The van der Waals surface area contributed by atoms with Crippen LogP contribution in [0.1, 0.15) is 20.8 Å². The third-order valence-electron chi connectivity index (χ3n) is 6.46. The molecule has 0 aliphatic heterocycles. The summed E-state index contributed by atoms with van der Waals surface area (Å²) in [6, 6.07) is 38.3. The average Bonchev–Trinajstić information content (AvgIpc) is 2.93. The zero-order valence-electron chi connectivity index (χ0n) is 19.4. The van der Waals surface area contributed by atoms with Crippen molar-refractivity contribution >= 4 is 44.2 Å². The summed E-state index contributed by atoms with van der Waals surface area (Å²) in [5.41, 5.74) is 1.70. The number of nitrogens with zero attached hydrogens (tertiary/aromatic N) is 1. The van der Waals surface area contributed by atoms with Crippen LogP contribution >= 0.6 is 0 Å². The van der Waals surface area contributed by atoms with Crippen molar-refractivity contribution in [2.24, 2.45) is 0 Å². The van der Waals surface area contributed by atoms with E-state index in [2.05, 4.69) is 6.07 Å². The molecule has 4 heteroatoms. The smallest absolute Gasteiger partial charge is 0.409 e. The van der Waals surface area contributed by atoms with Crippen LogP contribution in [-0.2, 0) is 6.54 Å². The van der Waals surface area contributed by atoms with E-state index in [4.69, 9.17) is 4.74 Å². The Labute approximate surface area is 208 Å². The third kappa shape index (κ3) is 3.89. The molecule has 172 valence electrons. The number of ether oxygens (including phenoxy) is 1. The van der Waals surface area contributed by atoms with E-state index >= 15 is 0 Å². The minimum Gasteiger partial charge on any atom is -0.417 e. The summed E-state index contributed by atoms with van der Waals surface area (Å²) in [5.74, 6) is -0.0764. The van der Waals surface area contributed by atoms with E-state index in [1.807, 2.05) is 97.1 Å². The maximum absolute atomic E-state index is 13.7. The van der Waals surface area contributed by atoms with E-state index in [1.165, 1.54) is 0 Å². The van der Waals surface area contributed by atoms with Gasteiger partial charge in [0.2, 0.25) is 17.8 Å². The fourth-order valence-corrected chi connectivity index (χ4v) is 4.70. The summed E-state index contributed by atoms with van der Waals surface area (Å²) < 4.78 is 7.88. The lowest BCUT2D eigenvalue weighted by molar-refractivity contribution is -0.659. The van der Waals surface area contributed by atoms with Gasteiger partial charge in [0.1, 0.15) is 5.75 Å². The Kier molecular flexibility index (Phi) is 5.47. The molecular formula is C32H22NO3+. The van der Waals surface area contributed by atoms with Gasteiger partial charge in [-0.25, -0.2) is 4.79 Å². The first-order valence-electron chi connectivity index (χ1n) is 11.8. The topological polar surface area (TPSA) is 47.2 Å². The Morgan fingerprint density at radius 1 is 0.611 bits per heavy atom. The maximum Gasteiger partial charge on any atom is 0.409 e. The molecule has 0 aliphatic carbocycles. The van der Waals surface area contributed by atoms with Gasteiger partial charge in [-0.3, -0.25) is 4.79 Å². The highest BCUT2D eigenvalue weighted by atomic mass is 16.5. The van der Waals surface area contributed by atoms with E-state index in [-0.39, 0.29) is 12.3 Å². The molecule has 4 nitrogen and oxygen atoms in total. The minimum atomic E-state index is -0.511. The Hall–Kier alpha value is -4.83. The predicted molar refractivity (Wildman–Crippen MR) is 141 cm³/mol. The van der Waals surface area contributed by atoms with Gasteiger partial charge in [-0.05, 0) is 29.0 Å². The number of Topliss-reactive ketones (excluding diaryl/α,β-unsaturated/α-hetero) is 1. The van der Waals surface area contributed by atoms with E-state index in [9.17, 15) is 9.59 Å². The summed E-state index contributed by atoms with van der Waals surface area (Å²) in [7, 11) is 0. The van der Waals surface area contributed by atoms with Crippen LogP contribution in [0.4, 0.5) is 0 Å². The molecular weight excluding hydrogens is 446 g/mol. The molecule has 0 fully saturated rings. The summed E-state index contributed by atoms with van der Waals surface area (Å²) in [6.07, 6.45) is 0. The molecule has 0 amide bonds. The molecule has 0 bridgehead atoms. The van der Waals surface area contributed by atoms with Crippen molar-refractivity contribution < 1.29 is 18.9 Å². The lowest BCUT2D eigenvalue weighted by atomic mass is 10.0. The molecule has 1 heterocycles. The molecule has 36 heavy (non-hydrogen) atoms. The number of esters is 1. The van der Waals surface area contributed by atoms with Crippen LogP contribution in [0, 0.1) is 0 Å². The van der Waals surface area contributed by atoms with Crippen LogP contribution in [0.25, 0.3) is 32.4 Å². The quantitative estimate of drug-likeness (QED) is 0.0949. The van der Waals surface area contributed by atoms with Gasteiger partial charge in [0.15, 0.2) is 0 Å². The van der Waals surface area contributed by atoms with E-state index in [0.717, 1.165) is 32.4 Å². The van der Waals surface area contributed by atoms with Crippen molar-refractivity contribution in [3.63, 3.8) is 0 Å². The standard InChI is InChI=1S/C32H22NO3/c34-30(23-11-2-1-3-12-23)21-33-28-17-9-6-10-22(28)18-19-29(33)32(35)36-31-26-15-7-4-13-24(26)20-25-14-5-8-16-27(25)31/h1-20H,21H2/q+1. The number of aromatic nitrogens is 1. The van der Waals surface area contributed by atoms with E-state index in [0.29, 0.717) is 17.0 Å². The van der Waals surface area contributed by atoms with E-state index in [1.54, 1.807) is 22.8 Å². The number of pyridine rings is 1. The number of rotatable bonds is 5. The molecule has 0 aliphatic rings. The van der Waals surface area contributed by atoms with Crippen molar-refractivity contribution in [1.29, 1.82) is 0 Å². The average molecular weight is 469 g/mol. The van der Waals surface area contributed by atoms with Crippen LogP contribution < -0.4 is 9.30 Å². The van der Waals surface area contributed by atoms with Gasteiger partial charge in [-0.2, -0.15) is 4.57 Å². The molecule has 1 aromatic heterocycles. The van der Waals surface area contributed by atoms with Crippen LogP contribution in [0.2, 0.25) is 0 Å². The van der Waals surface area contributed by atoms with Crippen LogP contribution in [-0.4, -0.2) is 11.8 Å². The number of para-hydroxylation sites is 1. The highest BCUT2D eigenvalue weighted by Gasteiger charge is 2.27. The Bertz CT molecular complexity index is 1720. The highest BCUT2D eigenvalue weighted by Crippen LogP contribution is 2.35. The second-order valence-corrected chi connectivity index (χ2v) is 8.69. The SMILES string of the molecule is O=C(C[n+]1c(C(=O)Oc2c3ccccc3cc3ccccc23)ccc2ccccc21)c1ccccc1. The number of hydrogen-bond donors (Lipinski definition) is 0. The first-order chi connectivity index (χ1) is 17.7. The van der Waals surface area contributed by atoms with Gasteiger partial charge in [-0.1, -0.05) is 91.0 Å². The number of hydrogen-bond acceptors (Lipinski definition) is 3. The lowest BCUT2D eigenvalue weighted by Gasteiger charge is -2.12. The van der Waals surface area contributed by atoms with Crippen molar-refractivity contribution in [3.05, 3.63) is 133 Å². The highest BCUT2D eigenvalue weighted by molar-refractivity contribution is 6.07. The number of fused-ring (bicyclic) bond motifs is 3. The second kappa shape index (κ2) is 9.08. The van der Waals surface area contributed by atoms with Crippen LogP contribution in [0.15, 0.2) is 121 Å². The Morgan fingerprint density at radius 3 is 1.89 bits per heavy atom. The predicted octanol–water partition coefficient (Wildman–Crippen LogP) is 6.54. The largest absolute Gasteiger partial charge is 0.417 e. The summed E-state index contributed by atoms with van der Waals surface area (Å²) in [5, 5.41) is 4.63. The van der Waals surface area contributed by atoms with Crippen molar-refractivity contribution in [3.8, 4) is 5.75 Å². The zero-order chi connectivity index (χ0) is 24.5. The first kappa shape index (κ1) is 21.7. The second-order valence-electron chi connectivity index (χ2n) is 8.69. The van der Waals surface area contributed by atoms with Crippen molar-refractivity contribution in [2.45, 2.75) is 6.54 Å². The fourth-order valence-electron chi connectivity index (χ4n) is 4.70. The van der Waals surface area contributed by atoms with Crippen LogP contribution in [0.5, 0.6) is 5.75 Å². The van der Waals surface area contributed by atoms with Crippen LogP contribution in [0.3, 0.4) is 0 Å².